The molecule has 48 heavy (non-hydrogen) atoms. The van der Waals surface area contributed by atoms with E-state index in [0.717, 1.165) is 93.0 Å². The number of rotatable bonds is 16. The molecule has 2 N–H and O–H groups in total. The number of carbonyl (C=O) groups excluding carboxylic acids is 1. The van der Waals surface area contributed by atoms with Gasteiger partial charge in [0.05, 0.1) is 48.9 Å². The fourth-order valence-electron chi connectivity index (χ4n) is 5.68. The van der Waals surface area contributed by atoms with Gasteiger partial charge in [-0.15, -0.1) is 0 Å². The van der Waals surface area contributed by atoms with Crippen LogP contribution in [-0.2, 0) is 34.2 Å². The lowest BCUT2D eigenvalue weighted by atomic mass is 9.98. The van der Waals surface area contributed by atoms with Crippen LogP contribution in [0.2, 0.25) is 5.02 Å². The molecule has 4 rings (SSSR count). The molecule has 264 valence electrons. The second-order valence-electron chi connectivity index (χ2n) is 13.0. The molecule has 0 unspecified atom stereocenters. The van der Waals surface area contributed by atoms with Crippen molar-refractivity contribution in [2.75, 3.05) is 46.7 Å². The highest BCUT2D eigenvalue weighted by molar-refractivity contribution is 6.32. The number of nitrogens with zero attached hydrogens (tertiary/aromatic N) is 3. The standard InChI is InChI=1S/C33H43ClN4O4.C5H12O/c1-22-19-26(20-23(2)32(22)34)42-15-7-11-27-28-9-6-10-29(33(28)37(5)30(27)21-39)31-24(3)36-38(25(31)4)13-8-14-40-17-18-41-16-12-35;1-5(2,3)6-4/h6,9-10,19-21H,7-8,11-18,35H2,1-5H3;1-4H3. The zero-order valence-electron chi connectivity index (χ0n) is 30.4. The molecule has 0 aliphatic rings. The summed E-state index contributed by atoms with van der Waals surface area (Å²) in [7, 11) is 3.68. The lowest BCUT2D eigenvalue weighted by Gasteiger charge is -2.14. The average molecular weight is 683 g/mol. The number of hydrogen-bond acceptors (Lipinski definition) is 7. The Hall–Kier alpha value is -3.21. The van der Waals surface area contributed by atoms with Crippen molar-refractivity contribution in [2.45, 2.75) is 79.9 Å². The number of carbonyl (C=O) groups is 1. The third-order valence-electron chi connectivity index (χ3n) is 8.28. The van der Waals surface area contributed by atoms with Gasteiger partial charge in [0.2, 0.25) is 0 Å². The van der Waals surface area contributed by atoms with Crippen LogP contribution in [0.1, 0.15) is 72.2 Å². The number of aromatic nitrogens is 3. The summed E-state index contributed by atoms with van der Waals surface area (Å²) in [5, 5.41) is 6.72. The molecule has 0 aliphatic heterocycles. The van der Waals surface area contributed by atoms with Crippen molar-refractivity contribution in [3.63, 3.8) is 0 Å². The van der Waals surface area contributed by atoms with E-state index in [2.05, 4.69) is 29.8 Å². The van der Waals surface area contributed by atoms with Gasteiger partial charge in [0.1, 0.15) is 5.75 Å². The first-order chi connectivity index (χ1) is 22.8. The molecule has 0 saturated heterocycles. The minimum atomic E-state index is 0.0417. The molecule has 0 bridgehead atoms. The highest BCUT2D eigenvalue weighted by Crippen LogP contribution is 2.37. The number of halogens is 1. The molecule has 0 aliphatic carbocycles. The summed E-state index contributed by atoms with van der Waals surface area (Å²) in [6.07, 6.45) is 3.33. The Kier molecular flexibility index (Phi) is 15.1. The van der Waals surface area contributed by atoms with E-state index >= 15 is 0 Å². The monoisotopic (exact) mass is 682 g/mol. The van der Waals surface area contributed by atoms with E-state index < -0.39 is 0 Å². The topological polar surface area (TPSA) is 103 Å². The minimum absolute atomic E-state index is 0.0417. The van der Waals surface area contributed by atoms with Crippen LogP contribution in [0, 0.1) is 27.7 Å². The molecule has 0 amide bonds. The number of ether oxygens (including phenoxy) is 4. The molecule has 9 nitrogen and oxygen atoms in total. The molecule has 2 heterocycles. The SMILES string of the molecule is COC(C)(C)C.Cc1cc(OCCCc2c(C=O)n(C)c3c(-c4c(C)nn(CCCOCCOCCN)c4C)cccc23)cc(C)c1Cl. The molecule has 2 aromatic heterocycles. The zero-order chi connectivity index (χ0) is 35.4. The summed E-state index contributed by atoms with van der Waals surface area (Å²) in [6, 6.07) is 10.2. The van der Waals surface area contributed by atoms with Crippen molar-refractivity contribution in [2.24, 2.45) is 12.8 Å². The van der Waals surface area contributed by atoms with Gasteiger partial charge in [0.15, 0.2) is 6.29 Å². The fourth-order valence-corrected chi connectivity index (χ4v) is 5.79. The van der Waals surface area contributed by atoms with Gasteiger partial charge in [-0.05, 0) is 96.6 Å². The van der Waals surface area contributed by atoms with E-state index in [1.54, 1.807) is 7.11 Å². The van der Waals surface area contributed by atoms with Crippen molar-refractivity contribution < 1.29 is 23.7 Å². The predicted molar refractivity (Wildman–Crippen MR) is 196 cm³/mol. The number of aryl methyl sites for hydroxylation is 6. The Morgan fingerprint density at radius 1 is 0.958 bits per heavy atom. The second kappa shape index (κ2) is 18.5. The fraction of sp³-hybridized carbons (Fsp3) is 0.526. The molecule has 0 atom stereocenters. The van der Waals surface area contributed by atoms with E-state index in [4.69, 9.17) is 41.4 Å². The molecule has 0 fully saturated rings. The number of nitrogens with two attached hydrogens (primary N) is 1. The molecule has 4 aromatic rings. The first kappa shape index (κ1) is 39.2. The van der Waals surface area contributed by atoms with Crippen LogP contribution in [0.25, 0.3) is 22.0 Å². The van der Waals surface area contributed by atoms with Crippen molar-refractivity contribution in [3.05, 3.63) is 69.1 Å². The summed E-state index contributed by atoms with van der Waals surface area (Å²) in [4.78, 5) is 12.3. The van der Waals surface area contributed by atoms with Crippen LogP contribution >= 0.6 is 11.6 Å². The number of benzene rings is 2. The molecular weight excluding hydrogens is 628 g/mol. The Labute approximate surface area is 291 Å². The van der Waals surface area contributed by atoms with Gasteiger partial charge >= 0.3 is 0 Å². The highest BCUT2D eigenvalue weighted by Gasteiger charge is 2.21. The third kappa shape index (κ3) is 10.4. The smallest absolute Gasteiger partial charge is 0.166 e. The van der Waals surface area contributed by atoms with Gasteiger partial charge < -0.3 is 29.2 Å². The largest absolute Gasteiger partial charge is 0.494 e. The Balaban J connectivity index is 0.000000952. The van der Waals surface area contributed by atoms with Crippen LogP contribution < -0.4 is 10.5 Å². The van der Waals surface area contributed by atoms with Gasteiger partial charge in [0.25, 0.3) is 0 Å². The van der Waals surface area contributed by atoms with Crippen molar-refractivity contribution in [1.29, 1.82) is 0 Å². The van der Waals surface area contributed by atoms with Crippen molar-refractivity contribution >= 4 is 28.8 Å². The summed E-state index contributed by atoms with van der Waals surface area (Å²) in [6.45, 7) is 18.3. The van der Waals surface area contributed by atoms with Crippen LogP contribution in [0.3, 0.4) is 0 Å². The number of fused-ring (bicyclic) bond motifs is 1. The van der Waals surface area contributed by atoms with E-state index in [-0.39, 0.29) is 5.60 Å². The first-order valence-corrected chi connectivity index (χ1v) is 17.1. The maximum Gasteiger partial charge on any atom is 0.166 e. The molecule has 0 saturated carbocycles. The van der Waals surface area contributed by atoms with E-state index in [1.165, 1.54) is 0 Å². The molecule has 0 spiro atoms. The average Bonchev–Trinajstić information content (AvgIpc) is 3.49. The van der Waals surface area contributed by atoms with Gasteiger partial charge in [-0.1, -0.05) is 29.8 Å². The molecule has 2 aromatic carbocycles. The predicted octanol–water partition coefficient (Wildman–Crippen LogP) is 7.57. The first-order valence-electron chi connectivity index (χ1n) is 16.7. The Bertz CT molecular complexity index is 1610. The molecule has 0 radical (unpaired) electrons. The van der Waals surface area contributed by atoms with Gasteiger partial charge in [0, 0.05) is 61.1 Å². The Morgan fingerprint density at radius 2 is 1.60 bits per heavy atom. The van der Waals surface area contributed by atoms with E-state index in [1.807, 2.05) is 65.3 Å². The summed E-state index contributed by atoms with van der Waals surface area (Å²) < 4.78 is 26.1. The van der Waals surface area contributed by atoms with Crippen LogP contribution in [0.15, 0.2) is 30.3 Å². The lowest BCUT2D eigenvalue weighted by Crippen LogP contribution is -2.15. The van der Waals surface area contributed by atoms with Crippen molar-refractivity contribution in [1.82, 2.24) is 14.3 Å². The highest BCUT2D eigenvalue weighted by atomic mass is 35.5. The van der Waals surface area contributed by atoms with E-state index in [0.29, 0.717) is 45.3 Å². The number of methoxy groups -OCH3 is 1. The molecule has 10 heteroatoms. The Morgan fingerprint density at radius 3 is 2.21 bits per heavy atom. The molecular formula is C38H55ClN4O5. The number of para-hydroxylation sites is 1. The summed E-state index contributed by atoms with van der Waals surface area (Å²) in [5.41, 5.74) is 14.5. The summed E-state index contributed by atoms with van der Waals surface area (Å²) >= 11 is 6.30. The number of hydrogen-bond donors (Lipinski definition) is 1. The maximum absolute atomic E-state index is 12.3. The maximum atomic E-state index is 12.3. The van der Waals surface area contributed by atoms with Gasteiger partial charge in [-0.25, -0.2) is 0 Å². The summed E-state index contributed by atoms with van der Waals surface area (Å²) in [5.74, 6) is 0.816. The third-order valence-corrected chi connectivity index (χ3v) is 8.88. The van der Waals surface area contributed by atoms with Crippen LogP contribution in [-0.4, -0.2) is 72.9 Å². The number of aldehydes is 1. The normalized spacial score (nSPS) is 11.6. The van der Waals surface area contributed by atoms with E-state index in [9.17, 15) is 4.79 Å². The zero-order valence-corrected chi connectivity index (χ0v) is 31.1. The van der Waals surface area contributed by atoms with Crippen LogP contribution in [0.5, 0.6) is 5.75 Å². The lowest BCUT2D eigenvalue weighted by molar-refractivity contribution is 0.0397. The van der Waals surface area contributed by atoms with Crippen LogP contribution in [0.4, 0.5) is 0 Å². The van der Waals surface area contributed by atoms with Crippen molar-refractivity contribution in [3.8, 4) is 16.9 Å². The second-order valence-corrected chi connectivity index (χ2v) is 13.4. The quantitative estimate of drug-likeness (QED) is 0.0961. The van der Waals surface area contributed by atoms with Gasteiger partial charge in [-0.3, -0.25) is 9.48 Å². The van der Waals surface area contributed by atoms with Gasteiger partial charge in [-0.2, -0.15) is 5.10 Å². The minimum Gasteiger partial charge on any atom is -0.494 e.